The minimum atomic E-state index is -3.95. The molecule has 2 rings (SSSR count). The number of nitrogens with two attached hydrogens (primary N) is 1. The van der Waals surface area contributed by atoms with E-state index < -0.39 is 20.6 Å². The number of aryl methyl sites for hydroxylation is 1. The second kappa shape index (κ2) is 7.12. The molecule has 128 valence electrons. The van der Waals surface area contributed by atoms with E-state index in [-0.39, 0.29) is 21.9 Å². The third-order valence-corrected chi connectivity index (χ3v) is 6.19. The van der Waals surface area contributed by atoms with Crippen LogP contribution in [0.5, 0.6) is 0 Å². The quantitative estimate of drug-likeness (QED) is 0.617. The minimum absolute atomic E-state index is 0.0668. The first-order chi connectivity index (χ1) is 10.8. The molecule has 0 radical (unpaired) electrons. The lowest BCUT2D eigenvalue weighted by atomic mass is 9.85. The van der Waals surface area contributed by atoms with Gasteiger partial charge in [0.25, 0.3) is 5.69 Å². The highest BCUT2D eigenvalue weighted by atomic mass is 35.5. The summed E-state index contributed by atoms with van der Waals surface area (Å²) in [6.45, 7) is 1.99. The summed E-state index contributed by atoms with van der Waals surface area (Å²) in [5, 5.41) is 10.7. The number of hydrogen-bond donors (Lipinski definition) is 2. The van der Waals surface area contributed by atoms with Crippen molar-refractivity contribution in [1.82, 2.24) is 4.72 Å². The Morgan fingerprint density at radius 1 is 1.39 bits per heavy atom. The second-order valence-corrected chi connectivity index (χ2v) is 7.92. The van der Waals surface area contributed by atoms with Gasteiger partial charge in [0, 0.05) is 12.1 Å². The Morgan fingerprint density at radius 3 is 2.65 bits per heavy atom. The van der Waals surface area contributed by atoms with Crippen LogP contribution in [0, 0.1) is 23.0 Å². The van der Waals surface area contributed by atoms with Gasteiger partial charge in [-0.25, -0.2) is 13.1 Å². The van der Waals surface area contributed by atoms with Crippen molar-refractivity contribution < 1.29 is 13.3 Å². The van der Waals surface area contributed by atoms with Crippen LogP contribution in [0.3, 0.4) is 0 Å². The Labute approximate surface area is 140 Å². The number of nitro groups is 1. The smallest absolute Gasteiger partial charge is 0.289 e. The molecular formula is C14H20ClN3O4S. The molecule has 1 fully saturated rings. The van der Waals surface area contributed by atoms with E-state index in [2.05, 4.69) is 4.72 Å². The molecule has 0 aromatic heterocycles. The molecule has 0 saturated heterocycles. The first kappa shape index (κ1) is 18.1. The summed E-state index contributed by atoms with van der Waals surface area (Å²) < 4.78 is 27.9. The number of benzene rings is 1. The van der Waals surface area contributed by atoms with Crippen LogP contribution in [0.25, 0.3) is 0 Å². The average Bonchev–Trinajstić information content (AvgIpc) is 2.49. The first-order valence-corrected chi connectivity index (χ1v) is 9.29. The van der Waals surface area contributed by atoms with Gasteiger partial charge in [-0.1, -0.05) is 24.4 Å². The Hall–Kier alpha value is -1.22. The van der Waals surface area contributed by atoms with Crippen molar-refractivity contribution in [2.45, 2.75) is 43.5 Å². The molecule has 2 unspecified atom stereocenters. The molecule has 23 heavy (non-hydrogen) atoms. The monoisotopic (exact) mass is 361 g/mol. The fourth-order valence-electron chi connectivity index (χ4n) is 2.95. The Balaban J connectivity index is 2.38. The Bertz CT molecular complexity index is 708. The standard InChI is InChI=1S/C14H20ClN3O4S/c1-9-6-12(18(19)20)14(15)13(7-9)23(21,22)17-11-5-3-2-4-10(11)8-16/h6-7,10-11,17H,2-5,8,16H2,1H3. The van der Waals surface area contributed by atoms with Gasteiger partial charge in [-0.15, -0.1) is 0 Å². The van der Waals surface area contributed by atoms with Gasteiger partial charge >= 0.3 is 0 Å². The number of halogens is 1. The summed E-state index contributed by atoms with van der Waals surface area (Å²) in [5.74, 6) is 0.0668. The van der Waals surface area contributed by atoms with Crippen molar-refractivity contribution in [1.29, 1.82) is 0 Å². The van der Waals surface area contributed by atoms with Gasteiger partial charge in [-0.2, -0.15) is 0 Å². The van der Waals surface area contributed by atoms with Crippen LogP contribution in [0.2, 0.25) is 5.02 Å². The SMILES string of the molecule is Cc1cc([N+](=O)[O-])c(Cl)c(S(=O)(=O)NC2CCCCC2CN)c1. The summed E-state index contributed by atoms with van der Waals surface area (Å²) >= 11 is 5.96. The van der Waals surface area contributed by atoms with Crippen molar-refractivity contribution in [2.24, 2.45) is 11.7 Å². The van der Waals surface area contributed by atoms with Gasteiger partial charge < -0.3 is 5.73 Å². The summed E-state index contributed by atoms with van der Waals surface area (Å²) in [6, 6.07) is 2.33. The van der Waals surface area contributed by atoms with E-state index in [0.29, 0.717) is 18.5 Å². The third-order valence-electron chi connectivity index (χ3n) is 4.17. The molecule has 0 spiro atoms. The molecule has 0 amide bonds. The van der Waals surface area contributed by atoms with E-state index in [1.54, 1.807) is 6.92 Å². The highest BCUT2D eigenvalue weighted by molar-refractivity contribution is 7.89. The molecule has 1 aromatic carbocycles. The van der Waals surface area contributed by atoms with Crippen molar-refractivity contribution >= 4 is 27.3 Å². The van der Waals surface area contributed by atoms with E-state index in [1.807, 2.05) is 0 Å². The average molecular weight is 362 g/mol. The molecule has 1 aliphatic rings. The zero-order valence-corrected chi connectivity index (χ0v) is 14.4. The predicted molar refractivity (Wildman–Crippen MR) is 88.0 cm³/mol. The van der Waals surface area contributed by atoms with Crippen molar-refractivity contribution in [3.8, 4) is 0 Å². The van der Waals surface area contributed by atoms with Crippen LogP contribution in [0.1, 0.15) is 31.2 Å². The lowest BCUT2D eigenvalue weighted by molar-refractivity contribution is -0.385. The van der Waals surface area contributed by atoms with Crippen LogP contribution >= 0.6 is 11.6 Å². The summed E-state index contributed by atoms with van der Waals surface area (Å²) in [4.78, 5) is 10.1. The topological polar surface area (TPSA) is 115 Å². The van der Waals surface area contributed by atoms with E-state index >= 15 is 0 Å². The van der Waals surface area contributed by atoms with Crippen LogP contribution in [0.4, 0.5) is 5.69 Å². The van der Waals surface area contributed by atoms with Crippen LogP contribution in [-0.2, 0) is 10.0 Å². The van der Waals surface area contributed by atoms with E-state index in [9.17, 15) is 18.5 Å². The summed E-state index contributed by atoms with van der Waals surface area (Å²) in [6.07, 6.45) is 3.51. The number of nitro benzene ring substituents is 1. The molecule has 0 aliphatic heterocycles. The van der Waals surface area contributed by atoms with Gasteiger partial charge in [0.05, 0.1) is 4.92 Å². The maximum Gasteiger partial charge on any atom is 0.289 e. The van der Waals surface area contributed by atoms with Crippen molar-refractivity contribution in [2.75, 3.05) is 6.54 Å². The largest absolute Gasteiger partial charge is 0.330 e. The van der Waals surface area contributed by atoms with E-state index in [1.165, 1.54) is 12.1 Å². The van der Waals surface area contributed by atoms with Gasteiger partial charge in [-0.05, 0) is 43.9 Å². The highest BCUT2D eigenvalue weighted by Gasteiger charge is 2.31. The predicted octanol–water partition coefficient (Wildman–Crippen LogP) is 2.35. The molecule has 1 saturated carbocycles. The molecule has 1 aromatic rings. The molecule has 9 heteroatoms. The molecule has 7 nitrogen and oxygen atoms in total. The number of rotatable bonds is 5. The molecule has 1 aliphatic carbocycles. The zero-order chi connectivity index (χ0) is 17.2. The van der Waals surface area contributed by atoms with Crippen molar-refractivity contribution in [3.05, 3.63) is 32.8 Å². The molecular weight excluding hydrogens is 342 g/mol. The third kappa shape index (κ3) is 4.00. The Kier molecular flexibility index (Phi) is 5.61. The second-order valence-electron chi connectivity index (χ2n) is 5.86. The van der Waals surface area contributed by atoms with Crippen LogP contribution < -0.4 is 10.5 Å². The lowest BCUT2D eigenvalue weighted by Gasteiger charge is -2.31. The maximum atomic E-state index is 12.7. The number of nitrogens with zero attached hydrogens (tertiary/aromatic N) is 1. The number of sulfonamides is 1. The normalized spacial score (nSPS) is 22.0. The lowest BCUT2D eigenvalue weighted by Crippen LogP contribution is -2.44. The summed E-state index contributed by atoms with van der Waals surface area (Å²) in [7, 11) is -3.95. The van der Waals surface area contributed by atoms with E-state index in [0.717, 1.165) is 19.3 Å². The molecule has 2 atom stereocenters. The fourth-order valence-corrected chi connectivity index (χ4v) is 4.95. The molecule has 3 N–H and O–H groups in total. The minimum Gasteiger partial charge on any atom is -0.330 e. The van der Waals surface area contributed by atoms with E-state index in [4.69, 9.17) is 17.3 Å². The van der Waals surface area contributed by atoms with Crippen molar-refractivity contribution in [3.63, 3.8) is 0 Å². The number of hydrogen-bond acceptors (Lipinski definition) is 5. The fraction of sp³-hybridized carbons (Fsp3) is 0.571. The molecule has 0 heterocycles. The number of nitrogens with one attached hydrogen (secondary N) is 1. The van der Waals surface area contributed by atoms with Gasteiger partial charge in [0.15, 0.2) is 0 Å². The van der Waals surface area contributed by atoms with Crippen LogP contribution in [0.15, 0.2) is 17.0 Å². The zero-order valence-electron chi connectivity index (χ0n) is 12.8. The first-order valence-electron chi connectivity index (χ1n) is 7.43. The van der Waals surface area contributed by atoms with Gasteiger partial charge in [0.1, 0.15) is 9.92 Å². The highest BCUT2D eigenvalue weighted by Crippen LogP contribution is 2.33. The maximum absolute atomic E-state index is 12.7. The Morgan fingerprint density at radius 2 is 2.04 bits per heavy atom. The van der Waals surface area contributed by atoms with Gasteiger partial charge in [-0.3, -0.25) is 10.1 Å². The summed E-state index contributed by atoms with van der Waals surface area (Å²) in [5.41, 5.74) is 5.77. The molecule has 0 bridgehead atoms. The van der Waals surface area contributed by atoms with Crippen LogP contribution in [-0.4, -0.2) is 25.9 Å². The van der Waals surface area contributed by atoms with Gasteiger partial charge in [0.2, 0.25) is 10.0 Å².